The van der Waals surface area contributed by atoms with Crippen LogP contribution in [0.1, 0.15) is 23.7 Å². The Morgan fingerprint density at radius 2 is 2.00 bits per heavy atom. The smallest absolute Gasteiger partial charge is 0.407 e. The third-order valence-corrected chi connectivity index (χ3v) is 3.38. The molecule has 0 saturated heterocycles. The molecule has 1 amide bonds. The Balaban J connectivity index is 1.70. The molecule has 1 aromatic heterocycles. The first-order valence-corrected chi connectivity index (χ1v) is 7.48. The number of benzene rings is 1. The lowest BCUT2D eigenvalue weighted by atomic mass is 10.0. The number of carbonyl (C=O) groups is 1. The van der Waals surface area contributed by atoms with E-state index in [-0.39, 0.29) is 25.1 Å². The average Bonchev–Trinajstić information content (AvgIpc) is 2.60. The van der Waals surface area contributed by atoms with Crippen molar-refractivity contribution in [3.8, 4) is 0 Å². The fraction of sp³-hybridized carbons (Fsp3) is 0.294. The topological polar surface area (TPSA) is 91.7 Å². The summed E-state index contributed by atoms with van der Waals surface area (Å²) in [5.74, 6) is -0.735. The third kappa shape index (κ3) is 5.60. The second kappa shape index (κ2) is 8.95. The second-order valence-electron chi connectivity index (χ2n) is 5.20. The molecule has 1 aromatic carbocycles. The van der Waals surface area contributed by atoms with Crippen LogP contribution in [0.5, 0.6) is 0 Å². The van der Waals surface area contributed by atoms with Gasteiger partial charge in [-0.05, 0) is 29.7 Å². The molecule has 7 heteroatoms. The average molecular weight is 334 g/mol. The maximum atomic E-state index is 13.0. The van der Waals surface area contributed by atoms with Crippen LogP contribution in [0.15, 0.2) is 48.7 Å². The number of nitrogens with one attached hydrogen (secondary N) is 1. The van der Waals surface area contributed by atoms with Gasteiger partial charge in [0.15, 0.2) is 0 Å². The summed E-state index contributed by atoms with van der Waals surface area (Å²) >= 11 is 0. The molecule has 0 aliphatic rings. The summed E-state index contributed by atoms with van der Waals surface area (Å²) in [5.41, 5.74) is 1.09. The van der Waals surface area contributed by atoms with Crippen molar-refractivity contribution in [1.82, 2.24) is 10.3 Å². The van der Waals surface area contributed by atoms with Crippen LogP contribution in [-0.4, -0.2) is 33.9 Å². The minimum atomic E-state index is -1.26. The number of ether oxygens (including phenoxy) is 1. The van der Waals surface area contributed by atoms with E-state index in [2.05, 4.69) is 10.3 Å². The second-order valence-corrected chi connectivity index (χ2v) is 5.20. The molecule has 6 nitrogen and oxygen atoms in total. The molecule has 2 unspecified atom stereocenters. The largest absolute Gasteiger partial charge is 0.445 e. The van der Waals surface area contributed by atoms with E-state index in [9.17, 15) is 19.4 Å². The lowest BCUT2D eigenvalue weighted by molar-refractivity contribution is 0.0134. The zero-order valence-electron chi connectivity index (χ0n) is 12.9. The maximum absolute atomic E-state index is 13.0. The van der Waals surface area contributed by atoms with Crippen LogP contribution in [0.4, 0.5) is 9.18 Å². The number of amides is 1. The lowest BCUT2D eigenvalue weighted by Gasteiger charge is -2.18. The normalized spacial score (nSPS) is 13.1. The molecule has 0 bridgehead atoms. The van der Waals surface area contributed by atoms with Crippen LogP contribution in [-0.2, 0) is 11.3 Å². The third-order valence-electron chi connectivity index (χ3n) is 3.38. The van der Waals surface area contributed by atoms with Crippen LogP contribution < -0.4 is 5.32 Å². The first kappa shape index (κ1) is 17.8. The fourth-order valence-electron chi connectivity index (χ4n) is 2.08. The Morgan fingerprint density at radius 1 is 1.25 bits per heavy atom. The monoisotopic (exact) mass is 334 g/mol. The summed E-state index contributed by atoms with van der Waals surface area (Å²) < 4.78 is 18.0. The Kier molecular flexibility index (Phi) is 6.65. The van der Waals surface area contributed by atoms with E-state index < -0.39 is 24.2 Å². The predicted molar refractivity (Wildman–Crippen MR) is 84.4 cm³/mol. The minimum Gasteiger partial charge on any atom is -0.445 e. The standard InChI is InChI=1S/C17H19FN2O4/c18-15-10-13(6-8-19-15)16(22)14(21)7-9-20-17(23)24-11-12-4-2-1-3-5-12/h1-6,8,10,14,16,21-22H,7,9,11H2,(H,20,23). The van der Waals surface area contributed by atoms with Gasteiger partial charge in [0.2, 0.25) is 5.95 Å². The Labute approximate surface area is 138 Å². The number of aliphatic hydroxyl groups is 2. The summed E-state index contributed by atoms with van der Waals surface area (Å²) in [6, 6.07) is 11.7. The number of carbonyl (C=O) groups excluding carboxylic acids is 1. The highest BCUT2D eigenvalue weighted by Gasteiger charge is 2.19. The van der Waals surface area contributed by atoms with Gasteiger partial charge in [-0.3, -0.25) is 0 Å². The molecule has 3 N–H and O–H groups in total. The van der Waals surface area contributed by atoms with Gasteiger partial charge in [-0.2, -0.15) is 4.39 Å². The van der Waals surface area contributed by atoms with Crippen LogP contribution >= 0.6 is 0 Å². The van der Waals surface area contributed by atoms with Gasteiger partial charge in [-0.15, -0.1) is 0 Å². The molecular weight excluding hydrogens is 315 g/mol. The fourth-order valence-corrected chi connectivity index (χ4v) is 2.08. The van der Waals surface area contributed by atoms with Crippen molar-refractivity contribution in [3.05, 3.63) is 65.7 Å². The first-order valence-electron chi connectivity index (χ1n) is 7.48. The zero-order chi connectivity index (χ0) is 17.4. The van der Waals surface area contributed by atoms with Gasteiger partial charge in [-0.25, -0.2) is 9.78 Å². The van der Waals surface area contributed by atoms with E-state index in [0.717, 1.165) is 11.6 Å². The molecule has 0 radical (unpaired) electrons. The molecular formula is C17H19FN2O4. The SMILES string of the molecule is O=C(NCCC(O)C(O)c1ccnc(F)c1)OCc1ccccc1. The molecule has 2 atom stereocenters. The number of aliphatic hydroxyl groups excluding tert-OH is 2. The number of nitrogens with zero attached hydrogens (tertiary/aromatic N) is 1. The maximum Gasteiger partial charge on any atom is 0.407 e. The van der Waals surface area contributed by atoms with E-state index in [1.807, 2.05) is 30.3 Å². The summed E-state index contributed by atoms with van der Waals surface area (Å²) in [6.45, 7) is 0.257. The molecule has 2 aromatic rings. The van der Waals surface area contributed by atoms with Crippen molar-refractivity contribution < 1.29 is 24.1 Å². The quantitative estimate of drug-likeness (QED) is 0.673. The van der Waals surface area contributed by atoms with Crippen LogP contribution in [0, 0.1) is 5.95 Å². The molecule has 1 heterocycles. The number of rotatable bonds is 7. The molecule has 0 aliphatic carbocycles. The van der Waals surface area contributed by atoms with Crippen molar-refractivity contribution in [1.29, 1.82) is 0 Å². The minimum absolute atomic E-state index is 0.0888. The Morgan fingerprint density at radius 3 is 2.71 bits per heavy atom. The van der Waals surface area contributed by atoms with Gasteiger partial charge in [0.1, 0.15) is 12.7 Å². The van der Waals surface area contributed by atoms with Gasteiger partial charge >= 0.3 is 6.09 Å². The summed E-state index contributed by atoms with van der Waals surface area (Å²) in [7, 11) is 0. The van der Waals surface area contributed by atoms with Gasteiger partial charge in [0, 0.05) is 12.7 Å². The van der Waals surface area contributed by atoms with Crippen molar-refractivity contribution in [2.24, 2.45) is 0 Å². The van der Waals surface area contributed by atoms with E-state index >= 15 is 0 Å². The number of hydrogen-bond donors (Lipinski definition) is 3. The number of pyridine rings is 1. The number of alkyl carbamates (subject to hydrolysis) is 1. The molecule has 128 valence electrons. The first-order chi connectivity index (χ1) is 11.6. The number of hydrogen-bond acceptors (Lipinski definition) is 5. The molecule has 0 spiro atoms. The highest BCUT2D eigenvalue weighted by atomic mass is 19.1. The number of aromatic nitrogens is 1. The van der Waals surface area contributed by atoms with E-state index in [1.54, 1.807) is 0 Å². The predicted octanol–water partition coefficient (Wildman–Crippen LogP) is 1.93. The highest BCUT2D eigenvalue weighted by molar-refractivity contribution is 5.67. The summed E-state index contributed by atoms with van der Waals surface area (Å²) in [6.07, 6.45) is -1.73. The Bertz CT molecular complexity index is 654. The molecule has 2 rings (SSSR count). The summed E-state index contributed by atoms with van der Waals surface area (Å²) in [5, 5.41) is 22.3. The van der Waals surface area contributed by atoms with E-state index in [1.165, 1.54) is 12.3 Å². The van der Waals surface area contributed by atoms with E-state index in [4.69, 9.17) is 4.74 Å². The lowest BCUT2D eigenvalue weighted by Crippen LogP contribution is -2.29. The van der Waals surface area contributed by atoms with Crippen LogP contribution in [0.2, 0.25) is 0 Å². The molecule has 24 heavy (non-hydrogen) atoms. The highest BCUT2D eigenvalue weighted by Crippen LogP contribution is 2.18. The molecule has 0 saturated carbocycles. The molecule has 0 aliphatic heterocycles. The van der Waals surface area contributed by atoms with Crippen molar-refractivity contribution in [3.63, 3.8) is 0 Å². The van der Waals surface area contributed by atoms with Gasteiger partial charge in [-0.1, -0.05) is 30.3 Å². The zero-order valence-corrected chi connectivity index (χ0v) is 12.9. The van der Waals surface area contributed by atoms with Gasteiger partial charge < -0.3 is 20.3 Å². The summed E-state index contributed by atoms with van der Waals surface area (Å²) in [4.78, 5) is 14.9. The number of halogens is 1. The van der Waals surface area contributed by atoms with Gasteiger partial charge in [0.25, 0.3) is 0 Å². The van der Waals surface area contributed by atoms with Crippen molar-refractivity contribution >= 4 is 6.09 Å². The van der Waals surface area contributed by atoms with Crippen molar-refractivity contribution in [2.75, 3.05) is 6.54 Å². The van der Waals surface area contributed by atoms with Crippen LogP contribution in [0.25, 0.3) is 0 Å². The Hall–Kier alpha value is -2.51. The van der Waals surface area contributed by atoms with Crippen molar-refractivity contribution in [2.45, 2.75) is 25.2 Å². The molecule has 0 fully saturated rings. The van der Waals surface area contributed by atoms with Crippen LogP contribution in [0.3, 0.4) is 0 Å². The van der Waals surface area contributed by atoms with Gasteiger partial charge in [0.05, 0.1) is 6.10 Å². The van der Waals surface area contributed by atoms with E-state index in [0.29, 0.717) is 0 Å².